The van der Waals surface area contributed by atoms with Gasteiger partial charge in [0.1, 0.15) is 5.57 Å². The highest BCUT2D eigenvalue weighted by atomic mass is 79.9. The highest BCUT2D eigenvalue weighted by Crippen LogP contribution is 2.28. The van der Waals surface area contributed by atoms with Gasteiger partial charge in [-0.3, -0.25) is 19.8 Å². The molecule has 0 bridgehead atoms. The fourth-order valence-corrected chi connectivity index (χ4v) is 4.64. The van der Waals surface area contributed by atoms with Gasteiger partial charge < -0.3 is 9.30 Å². The second-order valence-electron chi connectivity index (χ2n) is 8.09. The average Bonchev–Trinajstić information content (AvgIpc) is 3.09. The van der Waals surface area contributed by atoms with Gasteiger partial charge in [-0.1, -0.05) is 15.9 Å². The first-order chi connectivity index (χ1) is 16.6. The Labute approximate surface area is 216 Å². The van der Waals surface area contributed by atoms with Gasteiger partial charge in [0.25, 0.3) is 11.8 Å². The SMILES string of the molecule is COC(=O)c1ccc(-n2c(C)cc(/C=C3/C(=O)NC(=S)N(c4ccc(Br)cc4)C3=O)c2C)c(C)c1. The van der Waals surface area contributed by atoms with E-state index < -0.39 is 17.8 Å². The summed E-state index contributed by atoms with van der Waals surface area (Å²) in [5.74, 6) is -1.44. The van der Waals surface area contributed by atoms with Gasteiger partial charge in [-0.05, 0) is 98.7 Å². The van der Waals surface area contributed by atoms with Crippen molar-refractivity contribution in [2.75, 3.05) is 12.0 Å². The van der Waals surface area contributed by atoms with E-state index in [9.17, 15) is 14.4 Å². The topological polar surface area (TPSA) is 80.6 Å². The van der Waals surface area contributed by atoms with E-state index in [1.807, 2.05) is 37.5 Å². The number of nitrogens with zero attached hydrogens (tertiary/aromatic N) is 2. The molecule has 1 saturated heterocycles. The fraction of sp³-hybridized carbons (Fsp3) is 0.154. The number of hydrogen-bond acceptors (Lipinski definition) is 5. The number of carbonyl (C=O) groups excluding carboxylic acids is 3. The molecule has 1 aliphatic rings. The number of hydrogen-bond donors (Lipinski definition) is 1. The lowest BCUT2D eigenvalue weighted by atomic mass is 10.1. The van der Waals surface area contributed by atoms with Crippen LogP contribution >= 0.6 is 28.1 Å². The number of carbonyl (C=O) groups is 3. The van der Waals surface area contributed by atoms with Crippen LogP contribution in [0.25, 0.3) is 11.8 Å². The first kappa shape index (κ1) is 24.6. The largest absolute Gasteiger partial charge is 0.465 e. The molecule has 0 aliphatic carbocycles. The predicted octanol–water partition coefficient (Wildman–Crippen LogP) is 4.78. The third-order valence-electron chi connectivity index (χ3n) is 5.82. The van der Waals surface area contributed by atoms with E-state index in [1.54, 1.807) is 42.5 Å². The molecule has 178 valence electrons. The van der Waals surface area contributed by atoms with Gasteiger partial charge in [0.05, 0.1) is 18.4 Å². The zero-order chi connectivity index (χ0) is 25.4. The van der Waals surface area contributed by atoms with Crippen LogP contribution in [-0.4, -0.2) is 34.6 Å². The van der Waals surface area contributed by atoms with Crippen molar-refractivity contribution in [3.8, 4) is 5.69 Å². The third-order valence-corrected chi connectivity index (χ3v) is 6.63. The van der Waals surface area contributed by atoms with Crippen LogP contribution in [0.5, 0.6) is 0 Å². The molecule has 0 radical (unpaired) electrons. The maximum atomic E-state index is 13.3. The van der Waals surface area contributed by atoms with Crippen LogP contribution < -0.4 is 10.2 Å². The average molecular weight is 552 g/mol. The first-order valence-corrected chi connectivity index (χ1v) is 11.9. The Hall–Kier alpha value is -3.56. The van der Waals surface area contributed by atoms with Crippen molar-refractivity contribution in [1.29, 1.82) is 0 Å². The number of aromatic nitrogens is 1. The van der Waals surface area contributed by atoms with Gasteiger partial charge in [0, 0.05) is 21.5 Å². The summed E-state index contributed by atoms with van der Waals surface area (Å²) < 4.78 is 7.69. The van der Waals surface area contributed by atoms with E-state index in [1.165, 1.54) is 12.0 Å². The Balaban J connectivity index is 1.75. The first-order valence-electron chi connectivity index (χ1n) is 10.7. The summed E-state index contributed by atoms with van der Waals surface area (Å²) in [6, 6.07) is 14.3. The predicted molar refractivity (Wildman–Crippen MR) is 142 cm³/mol. The molecule has 4 rings (SSSR count). The van der Waals surface area contributed by atoms with Crippen molar-refractivity contribution in [2.24, 2.45) is 0 Å². The number of ether oxygens (including phenoxy) is 1. The Kier molecular flexibility index (Phi) is 6.73. The molecule has 0 spiro atoms. The zero-order valence-electron chi connectivity index (χ0n) is 19.5. The molecular formula is C26H22BrN3O4S. The van der Waals surface area contributed by atoms with Crippen molar-refractivity contribution < 1.29 is 19.1 Å². The number of anilines is 1. The molecule has 2 amide bonds. The van der Waals surface area contributed by atoms with Crippen LogP contribution in [0, 0.1) is 20.8 Å². The minimum Gasteiger partial charge on any atom is -0.465 e. The number of amides is 2. The molecule has 3 aromatic rings. The van der Waals surface area contributed by atoms with Gasteiger partial charge in [-0.25, -0.2) is 4.79 Å². The second kappa shape index (κ2) is 9.59. The summed E-state index contributed by atoms with van der Waals surface area (Å²) in [4.78, 5) is 39.3. The molecule has 35 heavy (non-hydrogen) atoms. The van der Waals surface area contributed by atoms with Crippen molar-refractivity contribution >= 4 is 62.8 Å². The monoisotopic (exact) mass is 551 g/mol. The Morgan fingerprint density at radius 1 is 1.06 bits per heavy atom. The molecule has 2 aromatic carbocycles. The van der Waals surface area contributed by atoms with Gasteiger partial charge in [0.2, 0.25) is 0 Å². The summed E-state index contributed by atoms with van der Waals surface area (Å²) >= 11 is 8.66. The molecule has 7 nitrogen and oxygen atoms in total. The lowest BCUT2D eigenvalue weighted by Gasteiger charge is -2.29. The zero-order valence-corrected chi connectivity index (χ0v) is 21.9. The second-order valence-corrected chi connectivity index (χ2v) is 9.39. The molecular weight excluding hydrogens is 530 g/mol. The number of rotatable bonds is 4. The van der Waals surface area contributed by atoms with Gasteiger partial charge in [0.15, 0.2) is 5.11 Å². The van der Waals surface area contributed by atoms with Crippen LogP contribution in [0.15, 0.2) is 58.6 Å². The van der Waals surface area contributed by atoms with E-state index in [0.29, 0.717) is 11.3 Å². The van der Waals surface area contributed by atoms with E-state index in [0.717, 1.165) is 32.7 Å². The molecule has 1 aliphatic heterocycles. The van der Waals surface area contributed by atoms with E-state index >= 15 is 0 Å². The number of benzene rings is 2. The Morgan fingerprint density at radius 2 is 1.74 bits per heavy atom. The smallest absolute Gasteiger partial charge is 0.337 e. The normalized spacial score (nSPS) is 14.9. The molecule has 9 heteroatoms. The number of aryl methyl sites for hydroxylation is 2. The number of methoxy groups -OCH3 is 1. The molecule has 1 aromatic heterocycles. The quantitative estimate of drug-likeness (QED) is 0.218. The van der Waals surface area contributed by atoms with E-state index in [2.05, 4.69) is 21.2 Å². The summed E-state index contributed by atoms with van der Waals surface area (Å²) in [5.41, 5.74) is 5.25. The molecule has 0 saturated carbocycles. The molecule has 1 N–H and O–H groups in total. The van der Waals surface area contributed by atoms with Gasteiger partial charge in [-0.2, -0.15) is 0 Å². The molecule has 0 unspecified atom stereocenters. The number of thiocarbonyl (C=S) groups is 1. The molecule has 0 atom stereocenters. The van der Waals surface area contributed by atoms with E-state index in [-0.39, 0.29) is 10.7 Å². The lowest BCUT2D eigenvalue weighted by Crippen LogP contribution is -2.54. The minimum atomic E-state index is -0.545. The highest BCUT2D eigenvalue weighted by Gasteiger charge is 2.34. The standard InChI is InChI=1S/C26H22BrN3O4S/c1-14-11-17(25(33)34-4)5-10-22(14)29-15(2)12-18(16(29)3)13-21-23(31)28-26(35)30(24(21)32)20-8-6-19(27)7-9-20/h5-13H,1-4H3,(H,28,31,35)/b21-13-. The Morgan fingerprint density at radius 3 is 2.37 bits per heavy atom. The summed E-state index contributed by atoms with van der Waals surface area (Å²) in [6.07, 6.45) is 1.59. The number of esters is 1. The van der Waals surface area contributed by atoms with Crippen LogP contribution in [0.4, 0.5) is 5.69 Å². The van der Waals surface area contributed by atoms with Crippen molar-refractivity contribution in [1.82, 2.24) is 9.88 Å². The Bertz CT molecular complexity index is 1420. The number of halogens is 1. The summed E-state index contributed by atoms with van der Waals surface area (Å²) in [6.45, 7) is 5.76. The number of nitrogens with one attached hydrogen (secondary N) is 1. The van der Waals surface area contributed by atoms with Crippen LogP contribution in [0.1, 0.15) is 32.9 Å². The van der Waals surface area contributed by atoms with Crippen molar-refractivity contribution in [3.63, 3.8) is 0 Å². The van der Waals surface area contributed by atoms with Gasteiger partial charge in [-0.15, -0.1) is 0 Å². The molecule has 1 fully saturated rings. The van der Waals surface area contributed by atoms with Crippen LogP contribution in [-0.2, 0) is 14.3 Å². The van der Waals surface area contributed by atoms with Crippen LogP contribution in [0.3, 0.4) is 0 Å². The molecule has 2 heterocycles. The van der Waals surface area contributed by atoms with Crippen molar-refractivity contribution in [3.05, 3.63) is 86.7 Å². The minimum absolute atomic E-state index is 0.0143. The fourth-order valence-electron chi connectivity index (χ4n) is 4.09. The maximum Gasteiger partial charge on any atom is 0.337 e. The maximum absolute atomic E-state index is 13.3. The van der Waals surface area contributed by atoms with Crippen molar-refractivity contribution in [2.45, 2.75) is 20.8 Å². The van der Waals surface area contributed by atoms with Crippen LogP contribution in [0.2, 0.25) is 0 Å². The summed E-state index contributed by atoms with van der Waals surface area (Å²) in [7, 11) is 1.35. The lowest BCUT2D eigenvalue weighted by molar-refractivity contribution is -0.122. The third kappa shape index (κ3) is 4.56. The highest BCUT2D eigenvalue weighted by molar-refractivity contribution is 9.10. The van der Waals surface area contributed by atoms with Gasteiger partial charge >= 0.3 is 5.97 Å². The summed E-state index contributed by atoms with van der Waals surface area (Å²) in [5, 5.41) is 2.65. The van der Waals surface area contributed by atoms with E-state index in [4.69, 9.17) is 17.0 Å².